The second-order valence-electron chi connectivity index (χ2n) is 6.35. The third-order valence-electron chi connectivity index (χ3n) is 2.69. The number of carbonyl (C=O) groups excluding carboxylic acids is 1. The van der Waals surface area contributed by atoms with Gasteiger partial charge in [-0.3, -0.25) is 0 Å². The fourth-order valence-electron chi connectivity index (χ4n) is 1.79. The van der Waals surface area contributed by atoms with Crippen LogP contribution in [0, 0.1) is 5.41 Å². The molecule has 1 rings (SSSR count). The fraction of sp³-hybridized carbons (Fsp3) is 0.412. The Labute approximate surface area is 141 Å². The van der Waals surface area contributed by atoms with Gasteiger partial charge in [0.1, 0.15) is 11.3 Å². The second-order valence-corrected chi connectivity index (χ2v) is 6.35. The zero-order valence-corrected chi connectivity index (χ0v) is 14.3. The molecule has 0 fully saturated rings. The molecule has 0 aliphatic carbocycles. The molecule has 0 heterocycles. The van der Waals surface area contributed by atoms with E-state index >= 15 is 0 Å². The van der Waals surface area contributed by atoms with Crippen molar-refractivity contribution < 1.29 is 19.4 Å². The first-order chi connectivity index (χ1) is 11.1. The summed E-state index contributed by atoms with van der Waals surface area (Å²) in [5.74, 6) is -1.15. The van der Waals surface area contributed by atoms with Crippen molar-refractivity contribution in [3.05, 3.63) is 29.8 Å². The number of amides is 1. The Balaban J connectivity index is 2.81. The van der Waals surface area contributed by atoms with Gasteiger partial charge in [-0.05, 0) is 45.4 Å². The van der Waals surface area contributed by atoms with Gasteiger partial charge >= 0.3 is 12.1 Å². The van der Waals surface area contributed by atoms with Gasteiger partial charge in [-0.1, -0.05) is 12.1 Å². The van der Waals surface area contributed by atoms with Crippen LogP contribution in [-0.2, 0) is 16.1 Å². The van der Waals surface area contributed by atoms with Crippen LogP contribution in [0.15, 0.2) is 29.3 Å². The maximum absolute atomic E-state index is 11.6. The Bertz CT molecular complexity index is 660. The van der Waals surface area contributed by atoms with Crippen molar-refractivity contribution in [2.75, 3.05) is 0 Å². The number of hydrogen-bond acceptors (Lipinski definition) is 5. The number of carboxylic acids is 1. The highest BCUT2D eigenvalue weighted by Gasteiger charge is 2.15. The van der Waals surface area contributed by atoms with Crippen molar-refractivity contribution in [3.63, 3.8) is 0 Å². The molecule has 24 heavy (non-hydrogen) atoms. The lowest BCUT2D eigenvalue weighted by Gasteiger charge is -2.19. The molecular weight excluding hydrogens is 310 g/mol. The third kappa shape index (κ3) is 7.53. The Hall–Kier alpha value is -2.70. The van der Waals surface area contributed by atoms with Crippen LogP contribution >= 0.6 is 0 Å². The molecule has 0 radical (unpaired) electrons. The number of hydrogen-bond donors (Lipinski definition) is 3. The Kier molecular flexibility index (Phi) is 6.64. The molecule has 0 unspecified atom stereocenters. The van der Waals surface area contributed by atoms with Crippen LogP contribution < -0.4 is 5.32 Å². The van der Waals surface area contributed by atoms with E-state index in [0.717, 1.165) is 5.56 Å². The minimum atomic E-state index is -1.15. The van der Waals surface area contributed by atoms with Gasteiger partial charge in [0, 0.05) is 18.7 Å². The molecule has 130 valence electrons. The van der Waals surface area contributed by atoms with Crippen LogP contribution in [0.2, 0.25) is 0 Å². The average Bonchev–Trinajstić information content (AvgIpc) is 2.42. The molecule has 0 aliphatic heterocycles. The predicted octanol–water partition coefficient (Wildman–Crippen LogP) is 3.30. The van der Waals surface area contributed by atoms with Crippen molar-refractivity contribution >= 4 is 29.2 Å². The van der Waals surface area contributed by atoms with Crippen molar-refractivity contribution in [3.8, 4) is 0 Å². The molecule has 0 spiro atoms. The molecule has 7 heteroatoms. The molecule has 0 bridgehead atoms. The maximum Gasteiger partial charge on any atom is 0.407 e. The van der Waals surface area contributed by atoms with E-state index in [2.05, 4.69) is 10.3 Å². The molecular formula is C17H23N3O4. The normalized spacial score (nSPS) is 11.8. The van der Waals surface area contributed by atoms with Crippen molar-refractivity contribution in [2.24, 2.45) is 4.99 Å². The second kappa shape index (κ2) is 8.24. The summed E-state index contributed by atoms with van der Waals surface area (Å²) in [7, 11) is 0. The van der Waals surface area contributed by atoms with E-state index in [1.807, 2.05) is 0 Å². The number of benzene rings is 1. The standard InChI is InChI=1S/C17H23N3O4/c1-11(18)8-14(15(21)22)20-13-7-5-6-12(9-13)10-19-16(23)24-17(2,3)4/h5-7,9,18H,8,10H2,1-4H3,(H,19,23)(H,21,22). The van der Waals surface area contributed by atoms with Crippen LogP contribution in [0.1, 0.15) is 39.7 Å². The highest BCUT2D eigenvalue weighted by Crippen LogP contribution is 2.16. The summed E-state index contributed by atoms with van der Waals surface area (Å²) in [5.41, 5.74) is 0.770. The van der Waals surface area contributed by atoms with Crippen molar-refractivity contribution in [1.82, 2.24) is 5.32 Å². The van der Waals surface area contributed by atoms with Gasteiger partial charge in [0.25, 0.3) is 0 Å². The third-order valence-corrected chi connectivity index (χ3v) is 2.69. The number of carbonyl (C=O) groups is 2. The van der Waals surface area contributed by atoms with E-state index in [1.54, 1.807) is 45.0 Å². The quantitative estimate of drug-likeness (QED) is 0.693. The van der Waals surface area contributed by atoms with Crippen LogP contribution in [0.5, 0.6) is 0 Å². The summed E-state index contributed by atoms with van der Waals surface area (Å²) < 4.78 is 5.15. The summed E-state index contributed by atoms with van der Waals surface area (Å²) >= 11 is 0. The lowest BCUT2D eigenvalue weighted by molar-refractivity contribution is -0.129. The lowest BCUT2D eigenvalue weighted by Crippen LogP contribution is -2.32. The van der Waals surface area contributed by atoms with Crippen LogP contribution in [-0.4, -0.2) is 34.2 Å². The highest BCUT2D eigenvalue weighted by atomic mass is 16.6. The van der Waals surface area contributed by atoms with E-state index in [9.17, 15) is 9.59 Å². The summed E-state index contributed by atoms with van der Waals surface area (Å²) in [6, 6.07) is 6.86. The molecule has 1 aromatic carbocycles. The average molecular weight is 333 g/mol. The number of nitrogens with zero attached hydrogens (tertiary/aromatic N) is 1. The summed E-state index contributed by atoms with van der Waals surface area (Å²) in [5, 5.41) is 19.2. The summed E-state index contributed by atoms with van der Waals surface area (Å²) in [6.07, 6.45) is -0.544. The van der Waals surface area contributed by atoms with Gasteiger partial charge in [-0.15, -0.1) is 0 Å². The Morgan fingerprint density at radius 3 is 2.54 bits per heavy atom. The number of ether oxygens (including phenoxy) is 1. The number of carboxylic acid groups (broad SMARTS) is 1. The first-order valence-electron chi connectivity index (χ1n) is 7.47. The van der Waals surface area contributed by atoms with E-state index < -0.39 is 17.7 Å². The largest absolute Gasteiger partial charge is 0.477 e. The van der Waals surface area contributed by atoms with Gasteiger partial charge in [-0.25, -0.2) is 14.6 Å². The molecule has 7 nitrogen and oxygen atoms in total. The molecule has 1 amide bonds. The number of nitrogens with one attached hydrogen (secondary N) is 2. The number of alkyl carbamates (subject to hydrolysis) is 1. The van der Waals surface area contributed by atoms with Gasteiger partial charge in [0.15, 0.2) is 0 Å². The van der Waals surface area contributed by atoms with E-state index in [4.69, 9.17) is 15.3 Å². The molecule has 0 aliphatic rings. The molecule has 1 aromatic rings. The van der Waals surface area contributed by atoms with E-state index in [-0.39, 0.29) is 24.4 Å². The monoisotopic (exact) mass is 333 g/mol. The summed E-state index contributed by atoms with van der Waals surface area (Å²) in [6.45, 7) is 7.10. The zero-order valence-electron chi connectivity index (χ0n) is 14.3. The van der Waals surface area contributed by atoms with E-state index in [0.29, 0.717) is 5.69 Å². The number of aliphatic imine (C=N–C) groups is 1. The topological polar surface area (TPSA) is 112 Å². The van der Waals surface area contributed by atoms with Crippen LogP contribution in [0.4, 0.5) is 10.5 Å². The van der Waals surface area contributed by atoms with Crippen LogP contribution in [0.3, 0.4) is 0 Å². The Morgan fingerprint density at radius 1 is 1.33 bits per heavy atom. The minimum Gasteiger partial charge on any atom is -0.477 e. The molecule has 0 atom stereocenters. The first kappa shape index (κ1) is 19.3. The van der Waals surface area contributed by atoms with Gasteiger partial charge in [0.2, 0.25) is 0 Å². The van der Waals surface area contributed by atoms with E-state index in [1.165, 1.54) is 6.92 Å². The molecule has 0 aromatic heterocycles. The van der Waals surface area contributed by atoms with Crippen molar-refractivity contribution in [2.45, 2.75) is 46.3 Å². The minimum absolute atomic E-state index is 0.0181. The Morgan fingerprint density at radius 2 is 2.00 bits per heavy atom. The lowest BCUT2D eigenvalue weighted by atomic mass is 10.1. The maximum atomic E-state index is 11.6. The fourth-order valence-corrected chi connectivity index (χ4v) is 1.79. The predicted molar refractivity (Wildman–Crippen MR) is 92.3 cm³/mol. The summed E-state index contributed by atoms with van der Waals surface area (Å²) in [4.78, 5) is 26.9. The smallest absolute Gasteiger partial charge is 0.407 e. The zero-order chi connectivity index (χ0) is 18.3. The molecule has 0 saturated carbocycles. The SMILES string of the molecule is CC(=N)CC(=Nc1cccc(CNC(=O)OC(C)(C)C)c1)C(=O)O. The van der Waals surface area contributed by atoms with Gasteiger partial charge in [0.05, 0.1) is 5.69 Å². The number of aliphatic carboxylic acids is 1. The van der Waals surface area contributed by atoms with Crippen LogP contribution in [0.25, 0.3) is 0 Å². The van der Waals surface area contributed by atoms with Gasteiger partial charge in [-0.2, -0.15) is 0 Å². The first-order valence-corrected chi connectivity index (χ1v) is 7.47. The van der Waals surface area contributed by atoms with Gasteiger partial charge < -0.3 is 20.6 Å². The number of rotatable bonds is 6. The highest BCUT2D eigenvalue weighted by molar-refractivity contribution is 6.39. The molecule has 0 saturated heterocycles. The molecule has 3 N–H and O–H groups in total. The van der Waals surface area contributed by atoms with Crippen molar-refractivity contribution in [1.29, 1.82) is 5.41 Å².